The average Bonchev–Trinajstić information content (AvgIpc) is 2.65. The highest BCUT2D eigenvalue weighted by Crippen LogP contribution is 2.13. The Kier molecular flexibility index (Phi) is 10.9. The normalized spacial score (nSPS) is 10.0. The molecular formula is C22H28O3. The molecule has 1 rings (SSSR count). The van der Waals surface area contributed by atoms with Crippen molar-refractivity contribution in [3.05, 3.63) is 34.9 Å². The molecule has 0 bridgehead atoms. The Morgan fingerprint density at radius 1 is 0.920 bits per heavy atom. The molecule has 0 aliphatic heterocycles. The van der Waals surface area contributed by atoms with E-state index < -0.39 is 5.97 Å². The van der Waals surface area contributed by atoms with Crippen molar-refractivity contribution in [3.63, 3.8) is 0 Å². The van der Waals surface area contributed by atoms with E-state index in [2.05, 4.69) is 11.8 Å². The highest BCUT2D eigenvalue weighted by atomic mass is 16.5. The first-order valence-corrected chi connectivity index (χ1v) is 9.08. The van der Waals surface area contributed by atoms with Crippen LogP contribution >= 0.6 is 0 Å². The van der Waals surface area contributed by atoms with Gasteiger partial charge in [-0.05, 0) is 31.0 Å². The molecule has 0 radical (unpaired) electrons. The smallest absolute Gasteiger partial charge is 0.339 e. The number of terminal acetylenes is 2. The zero-order valence-corrected chi connectivity index (χ0v) is 14.9. The highest BCUT2D eigenvalue weighted by Gasteiger charge is 2.12. The third-order valence-corrected chi connectivity index (χ3v) is 4.10. The van der Waals surface area contributed by atoms with Crippen molar-refractivity contribution in [1.82, 2.24) is 0 Å². The van der Waals surface area contributed by atoms with Crippen LogP contribution in [0, 0.1) is 24.7 Å². The molecule has 0 aromatic heterocycles. The maximum Gasteiger partial charge on any atom is 0.339 e. The fourth-order valence-corrected chi connectivity index (χ4v) is 2.62. The first-order chi connectivity index (χ1) is 12.2. The van der Waals surface area contributed by atoms with Gasteiger partial charge in [-0.25, -0.2) is 4.79 Å². The molecule has 3 heteroatoms. The second-order valence-electron chi connectivity index (χ2n) is 6.09. The van der Waals surface area contributed by atoms with Crippen LogP contribution in [0.15, 0.2) is 18.2 Å². The summed E-state index contributed by atoms with van der Waals surface area (Å²) in [4.78, 5) is 12.1. The SMILES string of the molecule is C#Cc1ccc(C#C)c(C(=O)OCCCCCCCCCCCO)c1. The Balaban J connectivity index is 2.17. The van der Waals surface area contributed by atoms with Crippen LogP contribution in [0.3, 0.4) is 0 Å². The first-order valence-electron chi connectivity index (χ1n) is 9.08. The van der Waals surface area contributed by atoms with E-state index in [1.165, 1.54) is 25.7 Å². The maximum atomic E-state index is 12.1. The van der Waals surface area contributed by atoms with Crippen molar-refractivity contribution in [2.24, 2.45) is 0 Å². The van der Waals surface area contributed by atoms with Gasteiger partial charge < -0.3 is 9.84 Å². The molecule has 0 heterocycles. The summed E-state index contributed by atoms with van der Waals surface area (Å²) >= 11 is 0. The number of benzene rings is 1. The van der Waals surface area contributed by atoms with Gasteiger partial charge in [-0.2, -0.15) is 0 Å². The van der Waals surface area contributed by atoms with Crippen LogP contribution in [-0.4, -0.2) is 24.3 Å². The molecule has 0 atom stereocenters. The van der Waals surface area contributed by atoms with Gasteiger partial charge in [0.25, 0.3) is 0 Å². The van der Waals surface area contributed by atoms with E-state index in [9.17, 15) is 4.79 Å². The van der Waals surface area contributed by atoms with Gasteiger partial charge in [0.2, 0.25) is 0 Å². The molecule has 134 valence electrons. The summed E-state index contributed by atoms with van der Waals surface area (Å²) in [6, 6.07) is 5.00. The summed E-state index contributed by atoms with van der Waals surface area (Å²) in [6.07, 6.45) is 20.7. The van der Waals surface area contributed by atoms with Crippen LogP contribution in [0.4, 0.5) is 0 Å². The van der Waals surface area contributed by atoms with E-state index in [4.69, 9.17) is 22.7 Å². The van der Waals surface area contributed by atoms with E-state index in [0.29, 0.717) is 29.9 Å². The summed E-state index contributed by atoms with van der Waals surface area (Å²) in [7, 11) is 0. The van der Waals surface area contributed by atoms with Crippen LogP contribution in [0.25, 0.3) is 0 Å². The van der Waals surface area contributed by atoms with Crippen molar-refractivity contribution >= 4 is 5.97 Å². The Labute approximate surface area is 151 Å². The maximum absolute atomic E-state index is 12.1. The van der Waals surface area contributed by atoms with E-state index >= 15 is 0 Å². The lowest BCUT2D eigenvalue weighted by atomic mass is 10.0. The largest absolute Gasteiger partial charge is 0.462 e. The predicted molar refractivity (Wildman–Crippen MR) is 101 cm³/mol. The van der Waals surface area contributed by atoms with Crippen LogP contribution < -0.4 is 0 Å². The Morgan fingerprint density at radius 3 is 2.08 bits per heavy atom. The van der Waals surface area contributed by atoms with Crippen molar-refractivity contribution in [1.29, 1.82) is 0 Å². The number of hydrogen-bond acceptors (Lipinski definition) is 3. The molecule has 0 spiro atoms. The Morgan fingerprint density at radius 2 is 1.52 bits per heavy atom. The number of carbonyl (C=O) groups is 1. The van der Waals surface area contributed by atoms with E-state index in [1.54, 1.807) is 18.2 Å². The molecule has 0 saturated heterocycles. The second-order valence-corrected chi connectivity index (χ2v) is 6.09. The summed E-state index contributed by atoms with van der Waals surface area (Å²) in [6.45, 7) is 0.703. The molecule has 0 unspecified atom stereocenters. The molecule has 1 N–H and O–H groups in total. The Hall–Kier alpha value is -2.23. The van der Waals surface area contributed by atoms with Gasteiger partial charge in [-0.3, -0.25) is 0 Å². The molecule has 1 aromatic carbocycles. The number of hydrogen-bond donors (Lipinski definition) is 1. The number of unbranched alkanes of at least 4 members (excludes halogenated alkanes) is 8. The summed E-state index contributed by atoms with van der Waals surface area (Å²) in [5, 5.41) is 8.70. The van der Waals surface area contributed by atoms with Crippen molar-refractivity contribution in [3.8, 4) is 24.7 Å². The molecule has 0 fully saturated rings. The van der Waals surface area contributed by atoms with Crippen LogP contribution in [0.2, 0.25) is 0 Å². The highest BCUT2D eigenvalue weighted by molar-refractivity contribution is 5.92. The molecule has 0 saturated carbocycles. The predicted octanol–water partition coefficient (Wildman–Crippen LogP) is 4.31. The summed E-state index contributed by atoms with van der Waals surface area (Å²) < 4.78 is 5.32. The minimum Gasteiger partial charge on any atom is -0.462 e. The molecule has 1 aromatic rings. The zero-order chi connectivity index (χ0) is 18.3. The quantitative estimate of drug-likeness (QED) is 0.350. The molecule has 25 heavy (non-hydrogen) atoms. The third-order valence-electron chi connectivity index (χ3n) is 4.10. The van der Waals surface area contributed by atoms with Gasteiger partial charge in [-0.15, -0.1) is 12.8 Å². The monoisotopic (exact) mass is 340 g/mol. The minimum absolute atomic E-state index is 0.300. The Bertz CT molecular complexity index is 605. The van der Waals surface area contributed by atoms with Crippen molar-refractivity contribution in [2.45, 2.75) is 57.8 Å². The number of rotatable bonds is 12. The second kappa shape index (κ2) is 13.1. The number of ether oxygens (including phenoxy) is 1. The van der Waals surface area contributed by atoms with Gasteiger partial charge in [0.1, 0.15) is 0 Å². The third kappa shape index (κ3) is 8.43. The number of aliphatic hydroxyl groups is 1. The zero-order valence-electron chi connectivity index (χ0n) is 14.9. The lowest BCUT2D eigenvalue weighted by Gasteiger charge is -2.07. The number of esters is 1. The molecule has 0 aliphatic carbocycles. The van der Waals surface area contributed by atoms with Crippen molar-refractivity contribution < 1.29 is 14.6 Å². The lowest BCUT2D eigenvalue weighted by Crippen LogP contribution is -2.09. The van der Waals surface area contributed by atoms with Crippen molar-refractivity contribution in [2.75, 3.05) is 13.2 Å². The van der Waals surface area contributed by atoms with Crippen LogP contribution in [-0.2, 0) is 4.74 Å². The topological polar surface area (TPSA) is 46.5 Å². The minimum atomic E-state index is -0.408. The number of carbonyl (C=O) groups excluding carboxylic acids is 1. The van der Waals surface area contributed by atoms with E-state index in [-0.39, 0.29) is 0 Å². The number of aliphatic hydroxyl groups excluding tert-OH is 1. The van der Waals surface area contributed by atoms with Gasteiger partial charge in [-0.1, -0.05) is 56.8 Å². The lowest BCUT2D eigenvalue weighted by molar-refractivity contribution is 0.0497. The first kappa shape index (κ1) is 20.8. The van der Waals surface area contributed by atoms with E-state index in [0.717, 1.165) is 32.1 Å². The fourth-order valence-electron chi connectivity index (χ4n) is 2.62. The van der Waals surface area contributed by atoms with Crippen LogP contribution in [0.5, 0.6) is 0 Å². The van der Waals surface area contributed by atoms with Gasteiger partial charge >= 0.3 is 5.97 Å². The van der Waals surface area contributed by atoms with Crippen LogP contribution in [0.1, 0.15) is 79.3 Å². The molecule has 3 nitrogen and oxygen atoms in total. The average molecular weight is 340 g/mol. The van der Waals surface area contributed by atoms with Gasteiger partial charge in [0.05, 0.1) is 12.2 Å². The molecule has 0 amide bonds. The standard InChI is InChI=1S/C22H28O3/c1-3-19-14-15-20(4-2)21(18-19)22(24)25-17-13-11-9-7-5-6-8-10-12-16-23/h1-2,14-15,18,23H,5-13,16-17H2. The van der Waals surface area contributed by atoms with Gasteiger partial charge in [0, 0.05) is 17.7 Å². The fraction of sp³-hybridized carbons (Fsp3) is 0.500. The van der Waals surface area contributed by atoms with E-state index in [1.807, 2.05) is 0 Å². The van der Waals surface area contributed by atoms with Gasteiger partial charge in [0.15, 0.2) is 0 Å². The molecule has 0 aliphatic rings. The molecular weight excluding hydrogens is 312 g/mol. The summed E-state index contributed by atoms with van der Waals surface area (Å²) in [5.74, 6) is 4.58. The summed E-state index contributed by atoms with van der Waals surface area (Å²) in [5.41, 5.74) is 1.48.